The summed E-state index contributed by atoms with van der Waals surface area (Å²) in [6.45, 7) is 10.4. The third-order valence-electron chi connectivity index (χ3n) is 3.80. The topological polar surface area (TPSA) is 42.0 Å². The van der Waals surface area contributed by atoms with Crippen LogP contribution in [0.4, 0.5) is 0 Å². The fourth-order valence-corrected chi connectivity index (χ4v) is 3.22. The molecule has 2 aromatic rings. The number of nitrogens with zero attached hydrogens (tertiary/aromatic N) is 1. The van der Waals surface area contributed by atoms with Gasteiger partial charge in [0.2, 0.25) is 5.91 Å². The summed E-state index contributed by atoms with van der Waals surface area (Å²) in [5.41, 5.74) is 4.69. The van der Waals surface area contributed by atoms with Gasteiger partial charge in [-0.25, -0.2) is 4.98 Å². The van der Waals surface area contributed by atoms with Gasteiger partial charge in [0.25, 0.3) is 0 Å². The van der Waals surface area contributed by atoms with Gasteiger partial charge in [-0.15, -0.1) is 0 Å². The maximum Gasteiger partial charge on any atom is 0.230 e. The predicted molar refractivity (Wildman–Crippen MR) is 94.6 cm³/mol. The molecule has 0 aliphatic heterocycles. The molecular weight excluding hydrogens is 292 g/mol. The van der Waals surface area contributed by atoms with E-state index in [9.17, 15) is 4.79 Å². The van der Waals surface area contributed by atoms with E-state index in [1.165, 1.54) is 33.8 Å². The van der Waals surface area contributed by atoms with Crippen LogP contribution in [0.25, 0.3) is 10.9 Å². The van der Waals surface area contributed by atoms with Crippen molar-refractivity contribution in [3.63, 3.8) is 0 Å². The summed E-state index contributed by atoms with van der Waals surface area (Å²) in [5.74, 6) is 0.479. The van der Waals surface area contributed by atoms with Crippen molar-refractivity contribution in [2.75, 3.05) is 5.75 Å². The van der Waals surface area contributed by atoms with Gasteiger partial charge in [0.05, 0.1) is 16.3 Å². The van der Waals surface area contributed by atoms with Gasteiger partial charge in [-0.2, -0.15) is 0 Å². The minimum atomic E-state index is 0.0690. The van der Waals surface area contributed by atoms with Gasteiger partial charge in [0, 0.05) is 11.4 Å². The zero-order valence-electron chi connectivity index (χ0n) is 14.0. The Balaban J connectivity index is 2.18. The molecule has 2 rings (SSSR count). The molecule has 1 aromatic heterocycles. The zero-order chi connectivity index (χ0) is 16.3. The lowest BCUT2D eigenvalue weighted by atomic mass is 10.0. The SMILES string of the molecule is CC[C@@H](C)NC(=O)CSc1cc(C)c2cc(C)cc(C)c2n1. The molecule has 1 atom stereocenters. The number of carbonyl (C=O) groups excluding carboxylic acids is 1. The Bertz CT molecular complexity index is 697. The first-order valence-electron chi connectivity index (χ1n) is 7.71. The summed E-state index contributed by atoms with van der Waals surface area (Å²) >= 11 is 1.50. The number of rotatable bonds is 5. The molecule has 3 nitrogen and oxygen atoms in total. The molecule has 4 heteroatoms. The van der Waals surface area contributed by atoms with Crippen LogP contribution in [0.5, 0.6) is 0 Å². The van der Waals surface area contributed by atoms with Gasteiger partial charge in [-0.3, -0.25) is 4.79 Å². The maximum absolute atomic E-state index is 11.9. The fourth-order valence-electron chi connectivity index (χ4n) is 2.45. The van der Waals surface area contributed by atoms with Crippen LogP contribution in [0.15, 0.2) is 23.2 Å². The number of pyridine rings is 1. The molecular formula is C18H24N2OS. The molecule has 118 valence electrons. The van der Waals surface area contributed by atoms with E-state index in [0.29, 0.717) is 5.75 Å². The number of benzene rings is 1. The van der Waals surface area contributed by atoms with Gasteiger partial charge in [-0.1, -0.05) is 30.3 Å². The summed E-state index contributed by atoms with van der Waals surface area (Å²) in [6, 6.07) is 6.63. The molecule has 0 fully saturated rings. The van der Waals surface area contributed by atoms with Crippen LogP contribution in [0, 0.1) is 20.8 Å². The number of fused-ring (bicyclic) bond motifs is 1. The Hall–Kier alpha value is -1.55. The predicted octanol–water partition coefficient (Wildman–Crippen LogP) is 4.17. The van der Waals surface area contributed by atoms with Crippen molar-refractivity contribution in [2.45, 2.75) is 52.1 Å². The highest BCUT2D eigenvalue weighted by Crippen LogP contribution is 2.26. The lowest BCUT2D eigenvalue weighted by molar-refractivity contribution is -0.119. The first-order valence-corrected chi connectivity index (χ1v) is 8.70. The number of amides is 1. The lowest BCUT2D eigenvalue weighted by Gasteiger charge is -2.12. The monoisotopic (exact) mass is 316 g/mol. The number of aryl methyl sites for hydroxylation is 3. The summed E-state index contributed by atoms with van der Waals surface area (Å²) < 4.78 is 0. The highest BCUT2D eigenvalue weighted by atomic mass is 32.2. The van der Waals surface area contributed by atoms with E-state index in [4.69, 9.17) is 4.98 Å². The quantitative estimate of drug-likeness (QED) is 0.842. The third-order valence-corrected chi connectivity index (χ3v) is 4.71. The summed E-state index contributed by atoms with van der Waals surface area (Å²) in [4.78, 5) is 16.6. The second kappa shape index (κ2) is 7.14. The largest absolute Gasteiger partial charge is 0.353 e. The van der Waals surface area contributed by atoms with Crippen molar-refractivity contribution in [3.8, 4) is 0 Å². The van der Waals surface area contributed by atoms with Crippen molar-refractivity contribution >= 4 is 28.6 Å². The molecule has 0 saturated heterocycles. The smallest absolute Gasteiger partial charge is 0.230 e. The van der Waals surface area contributed by atoms with Gasteiger partial charge in [-0.05, 0) is 57.4 Å². The van der Waals surface area contributed by atoms with Crippen molar-refractivity contribution in [2.24, 2.45) is 0 Å². The number of carbonyl (C=O) groups is 1. The normalized spacial score (nSPS) is 12.4. The Morgan fingerprint density at radius 3 is 2.64 bits per heavy atom. The molecule has 0 aliphatic rings. The highest BCUT2D eigenvalue weighted by molar-refractivity contribution is 7.99. The molecule has 0 spiro atoms. The van der Waals surface area contributed by atoms with Crippen LogP contribution in [0.1, 0.15) is 37.0 Å². The van der Waals surface area contributed by atoms with Crippen LogP contribution in [0.3, 0.4) is 0 Å². The van der Waals surface area contributed by atoms with Crippen molar-refractivity contribution in [1.82, 2.24) is 10.3 Å². The molecule has 1 heterocycles. The number of nitrogens with one attached hydrogen (secondary N) is 1. The average Bonchev–Trinajstić information content (AvgIpc) is 2.46. The van der Waals surface area contributed by atoms with E-state index in [1.54, 1.807) is 0 Å². The number of hydrogen-bond donors (Lipinski definition) is 1. The summed E-state index contributed by atoms with van der Waals surface area (Å²) in [7, 11) is 0. The second-order valence-electron chi connectivity index (χ2n) is 5.92. The standard InChI is InChI=1S/C18H24N2OS/c1-6-14(5)19-16(21)10-22-17-9-12(3)15-8-11(2)7-13(4)18(15)20-17/h7-9,14H,6,10H2,1-5H3,(H,19,21)/t14-/m1/s1. The number of thioether (sulfide) groups is 1. The van der Waals surface area contributed by atoms with E-state index < -0.39 is 0 Å². The third kappa shape index (κ3) is 4.01. The zero-order valence-corrected chi connectivity index (χ0v) is 14.8. The molecule has 0 saturated carbocycles. The van der Waals surface area contributed by atoms with E-state index in [1.807, 2.05) is 6.92 Å². The Labute approximate surface area is 136 Å². The average molecular weight is 316 g/mol. The van der Waals surface area contributed by atoms with Crippen molar-refractivity contribution in [3.05, 3.63) is 34.9 Å². The van der Waals surface area contributed by atoms with Gasteiger partial charge in [0.15, 0.2) is 0 Å². The molecule has 0 unspecified atom stereocenters. The van der Waals surface area contributed by atoms with Crippen LogP contribution in [-0.2, 0) is 4.79 Å². The number of aromatic nitrogens is 1. The van der Waals surface area contributed by atoms with Crippen molar-refractivity contribution in [1.29, 1.82) is 0 Å². The fraction of sp³-hybridized carbons (Fsp3) is 0.444. The van der Waals surface area contributed by atoms with Crippen LogP contribution in [0.2, 0.25) is 0 Å². The molecule has 1 N–H and O–H groups in total. The first-order chi connectivity index (χ1) is 10.4. The summed E-state index contributed by atoms with van der Waals surface area (Å²) in [6.07, 6.45) is 0.947. The Morgan fingerprint density at radius 1 is 1.23 bits per heavy atom. The van der Waals surface area contributed by atoms with Gasteiger partial charge in [0.1, 0.15) is 0 Å². The van der Waals surface area contributed by atoms with E-state index in [0.717, 1.165) is 17.0 Å². The second-order valence-corrected chi connectivity index (χ2v) is 6.92. The summed E-state index contributed by atoms with van der Waals surface area (Å²) in [5, 5.41) is 5.10. The van der Waals surface area contributed by atoms with E-state index in [2.05, 4.69) is 51.2 Å². The lowest BCUT2D eigenvalue weighted by Crippen LogP contribution is -2.33. The minimum absolute atomic E-state index is 0.0690. The molecule has 1 amide bonds. The maximum atomic E-state index is 11.9. The first kappa shape index (κ1) is 16.8. The minimum Gasteiger partial charge on any atom is -0.353 e. The van der Waals surface area contributed by atoms with Crippen LogP contribution >= 0.6 is 11.8 Å². The van der Waals surface area contributed by atoms with Gasteiger partial charge >= 0.3 is 0 Å². The van der Waals surface area contributed by atoms with Gasteiger partial charge < -0.3 is 5.32 Å². The Morgan fingerprint density at radius 2 is 1.95 bits per heavy atom. The molecule has 22 heavy (non-hydrogen) atoms. The van der Waals surface area contributed by atoms with Crippen molar-refractivity contribution < 1.29 is 4.79 Å². The van der Waals surface area contributed by atoms with E-state index >= 15 is 0 Å². The highest BCUT2D eigenvalue weighted by Gasteiger charge is 2.10. The molecule has 1 aromatic carbocycles. The molecule has 0 aliphatic carbocycles. The Kier molecular flexibility index (Phi) is 5.46. The molecule has 0 bridgehead atoms. The van der Waals surface area contributed by atoms with Crippen LogP contribution < -0.4 is 5.32 Å². The van der Waals surface area contributed by atoms with E-state index in [-0.39, 0.29) is 11.9 Å². The van der Waals surface area contributed by atoms with Crippen LogP contribution in [-0.4, -0.2) is 22.7 Å². The molecule has 0 radical (unpaired) electrons. The number of hydrogen-bond acceptors (Lipinski definition) is 3.